The highest BCUT2D eigenvalue weighted by atomic mass is 14.5. The summed E-state index contributed by atoms with van der Waals surface area (Å²) in [4.78, 5) is 0. The standard InChI is InChI=1S/C62H52/c1-62(2,3)42-30-31-46-49(35-42)47-28-17-29-48-57(47)51(46)36-54-55(38-20-9-5-10-21-38)60-53-34-41(45-27-16-15-25-43(45)37-18-7-4-8-19-37)33-50-44-26-14-13-24-40(44)32-52(58(50)53)61(60)56(59(48)54)39-22-11-6-12-23-39/h5-7,9-12,14-23,25-29,32-36,43,45,50,58H,4,8,13,24,30-31H2,1-3H3. The Balaban J connectivity index is 1.17. The number of hydrogen-bond donors (Lipinski definition) is 0. The summed E-state index contributed by atoms with van der Waals surface area (Å²) in [5.74, 6) is 1.14. The summed E-state index contributed by atoms with van der Waals surface area (Å²) >= 11 is 0. The van der Waals surface area contributed by atoms with Gasteiger partial charge < -0.3 is 0 Å². The second-order valence-electron chi connectivity index (χ2n) is 19.9. The van der Waals surface area contributed by atoms with Gasteiger partial charge in [-0.25, -0.2) is 0 Å². The van der Waals surface area contributed by atoms with Gasteiger partial charge in [-0.3, -0.25) is 0 Å². The van der Waals surface area contributed by atoms with Crippen molar-refractivity contribution in [3.05, 3.63) is 214 Å². The lowest BCUT2D eigenvalue weighted by atomic mass is 9.66. The maximum atomic E-state index is 2.71. The van der Waals surface area contributed by atoms with Gasteiger partial charge in [-0.2, -0.15) is 0 Å². The van der Waals surface area contributed by atoms with Crippen LogP contribution in [-0.2, 0) is 0 Å². The number of fused-ring (bicyclic) bond motifs is 8. The van der Waals surface area contributed by atoms with E-state index in [9.17, 15) is 0 Å². The molecule has 5 aromatic rings. The normalized spacial score (nSPS) is 24.1. The second-order valence-corrected chi connectivity index (χ2v) is 19.9. The summed E-state index contributed by atoms with van der Waals surface area (Å²) in [6.45, 7) is 7.15. The molecule has 0 radical (unpaired) electrons. The maximum absolute atomic E-state index is 2.71. The largest absolute Gasteiger partial charge is 0.0839 e. The fraction of sp³-hybridized carbons (Fsp3) is 0.226. The zero-order valence-corrected chi connectivity index (χ0v) is 36.1. The lowest BCUT2D eigenvalue weighted by Crippen LogP contribution is -2.25. The van der Waals surface area contributed by atoms with E-state index in [0.717, 1.165) is 38.5 Å². The maximum Gasteiger partial charge on any atom is 0.0206 e. The molecule has 0 spiro atoms. The highest BCUT2D eigenvalue weighted by Crippen LogP contribution is 2.64. The van der Waals surface area contributed by atoms with Gasteiger partial charge >= 0.3 is 0 Å². The Kier molecular flexibility index (Phi) is 8.01. The van der Waals surface area contributed by atoms with Crippen LogP contribution in [0.1, 0.15) is 81.5 Å². The molecule has 0 aliphatic heterocycles. The Morgan fingerprint density at radius 2 is 1.27 bits per heavy atom. The Morgan fingerprint density at radius 3 is 2.03 bits per heavy atom. The van der Waals surface area contributed by atoms with Crippen LogP contribution in [0.2, 0.25) is 0 Å². The Labute approximate surface area is 366 Å². The minimum absolute atomic E-state index is 0.147. The number of benzene rings is 5. The Morgan fingerprint density at radius 1 is 0.548 bits per heavy atom. The molecule has 5 aromatic carbocycles. The van der Waals surface area contributed by atoms with E-state index in [4.69, 9.17) is 0 Å². The first-order valence-electron chi connectivity index (χ1n) is 23.3. The topological polar surface area (TPSA) is 0 Å². The molecule has 0 amide bonds. The smallest absolute Gasteiger partial charge is 0.0206 e. The van der Waals surface area contributed by atoms with Crippen molar-refractivity contribution in [2.75, 3.05) is 0 Å². The van der Waals surface area contributed by atoms with Crippen LogP contribution < -0.4 is 0 Å². The molecule has 8 aliphatic carbocycles. The molecule has 0 N–H and O–H groups in total. The van der Waals surface area contributed by atoms with Crippen molar-refractivity contribution >= 4 is 43.8 Å². The third kappa shape index (κ3) is 5.25. The summed E-state index contributed by atoms with van der Waals surface area (Å²) < 4.78 is 0. The molecule has 300 valence electrons. The van der Waals surface area contributed by atoms with Crippen molar-refractivity contribution in [3.63, 3.8) is 0 Å². The summed E-state index contributed by atoms with van der Waals surface area (Å²) in [7, 11) is 0. The van der Waals surface area contributed by atoms with Crippen molar-refractivity contribution < 1.29 is 0 Å². The highest BCUT2D eigenvalue weighted by molar-refractivity contribution is 6.30. The van der Waals surface area contributed by atoms with E-state index in [1.807, 2.05) is 0 Å². The van der Waals surface area contributed by atoms with Gasteiger partial charge in [0, 0.05) is 23.7 Å². The van der Waals surface area contributed by atoms with Crippen molar-refractivity contribution in [3.8, 4) is 22.3 Å². The predicted octanol–water partition coefficient (Wildman–Crippen LogP) is 16.6. The third-order valence-corrected chi connectivity index (χ3v) is 15.6. The van der Waals surface area contributed by atoms with Gasteiger partial charge in [-0.15, -0.1) is 0 Å². The fourth-order valence-corrected chi connectivity index (χ4v) is 12.8. The third-order valence-electron chi connectivity index (χ3n) is 15.6. The summed E-state index contributed by atoms with van der Waals surface area (Å²) in [5.41, 5.74) is 24.9. The number of hydrogen-bond acceptors (Lipinski definition) is 0. The molecule has 4 unspecified atom stereocenters. The average molecular weight is 797 g/mol. The van der Waals surface area contributed by atoms with Gasteiger partial charge in [0.15, 0.2) is 0 Å². The van der Waals surface area contributed by atoms with E-state index in [-0.39, 0.29) is 23.2 Å². The molecule has 0 bridgehead atoms. The molecule has 0 saturated carbocycles. The van der Waals surface area contributed by atoms with E-state index in [0.29, 0.717) is 5.92 Å². The van der Waals surface area contributed by atoms with Crippen LogP contribution in [0.3, 0.4) is 0 Å². The quantitative estimate of drug-likeness (QED) is 0.159. The number of rotatable bonds is 4. The summed E-state index contributed by atoms with van der Waals surface area (Å²) in [5, 5.41) is 5.62. The van der Waals surface area contributed by atoms with Crippen molar-refractivity contribution in [2.24, 2.45) is 29.1 Å². The first-order chi connectivity index (χ1) is 30.4. The van der Waals surface area contributed by atoms with Gasteiger partial charge in [0.1, 0.15) is 0 Å². The zero-order chi connectivity index (χ0) is 41.3. The Hall–Kier alpha value is -6.24. The van der Waals surface area contributed by atoms with E-state index in [1.54, 1.807) is 5.57 Å². The average Bonchev–Trinajstić information content (AvgIpc) is 3.81. The minimum Gasteiger partial charge on any atom is -0.0839 e. The molecule has 62 heavy (non-hydrogen) atoms. The number of allylic oxidation sites excluding steroid dienone is 22. The molecule has 8 aliphatic rings. The second kappa shape index (κ2) is 13.6. The predicted molar refractivity (Wildman–Crippen MR) is 264 cm³/mol. The molecule has 0 fully saturated rings. The molecule has 0 heteroatoms. The van der Waals surface area contributed by atoms with Crippen LogP contribution in [0.25, 0.3) is 66.1 Å². The van der Waals surface area contributed by atoms with Crippen molar-refractivity contribution in [1.82, 2.24) is 0 Å². The lowest BCUT2D eigenvalue weighted by Gasteiger charge is -2.37. The van der Waals surface area contributed by atoms with Crippen LogP contribution >= 0.6 is 0 Å². The van der Waals surface area contributed by atoms with Crippen LogP contribution in [-0.4, -0.2) is 0 Å². The molecule has 4 atom stereocenters. The molecule has 0 nitrogen and oxygen atoms in total. The van der Waals surface area contributed by atoms with Gasteiger partial charge in [0.25, 0.3) is 0 Å². The Bertz CT molecular complexity index is 3180. The van der Waals surface area contributed by atoms with Crippen LogP contribution in [0.4, 0.5) is 0 Å². The van der Waals surface area contributed by atoms with E-state index in [1.165, 1.54) is 111 Å². The monoisotopic (exact) mass is 796 g/mol. The van der Waals surface area contributed by atoms with Crippen molar-refractivity contribution in [1.29, 1.82) is 0 Å². The molecular weight excluding hydrogens is 745 g/mol. The molecule has 0 heterocycles. The van der Waals surface area contributed by atoms with E-state index >= 15 is 0 Å². The van der Waals surface area contributed by atoms with E-state index < -0.39 is 0 Å². The summed E-state index contributed by atoms with van der Waals surface area (Å²) in [6, 6.07) is 32.8. The lowest BCUT2D eigenvalue weighted by molar-refractivity contribution is 0.483. The molecule has 0 aromatic heterocycles. The first kappa shape index (κ1) is 36.4. The molecule has 13 rings (SSSR count). The zero-order valence-electron chi connectivity index (χ0n) is 36.1. The van der Waals surface area contributed by atoms with Gasteiger partial charge in [-0.1, -0.05) is 184 Å². The van der Waals surface area contributed by atoms with Gasteiger partial charge in [-0.05, 0) is 161 Å². The highest BCUT2D eigenvalue weighted by Gasteiger charge is 2.47. The van der Waals surface area contributed by atoms with E-state index in [2.05, 4.69) is 185 Å². The molecule has 0 saturated heterocycles. The van der Waals surface area contributed by atoms with Crippen LogP contribution in [0, 0.1) is 29.1 Å². The van der Waals surface area contributed by atoms with Crippen LogP contribution in [0.5, 0.6) is 0 Å². The van der Waals surface area contributed by atoms with Crippen molar-refractivity contribution in [2.45, 2.75) is 59.3 Å². The fourth-order valence-electron chi connectivity index (χ4n) is 12.8. The first-order valence-corrected chi connectivity index (χ1v) is 23.3. The van der Waals surface area contributed by atoms with Crippen LogP contribution in [0.15, 0.2) is 192 Å². The van der Waals surface area contributed by atoms with Gasteiger partial charge in [0.2, 0.25) is 0 Å². The summed E-state index contributed by atoms with van der Waals surface area (Å²) in [6.07, 6.45) is 39.0. The SMILES string of the molecule is CC(C)(C)C1=CC2=C(CC1)c1cc3c(-c4ccccc4)c4c(c(-c5ccccc5)c3c3cccc2c13)C1=CC2=C(C=CCC2)C2C=C(C3C=CC=CC3C3=CCCC=C3)C=C4C12. The molecular formula is C62H52. The minimum atomic E-state index is 0.147. The van der Waals surface area contributed by atoms with Gasteiger partial charge in [0.05, 0.1) is 0 Å².